The Morgan fingerprint density at radius 1 is 1.27 bits per heavy atom. The second-order valence-corrected chi connectivity index (χ2v) is 10.2. The second-order valence-electron chi connectivity index (χ2n) is 9.31. The first kappa shape index (κ1) is 25.0. The van der Waals surface area contributed by atoms with E-state index in [0.717, 1.165) is 11.1 Å². The van der Waals surface area contributed by atoms with Gasteiger partial charge in [0.15, 0.2) is 5.11 Å². The van der Waals surface area contributed by atoms with Gasteiger partial charge in [-0.05, 0) is 34.8 Å². The highest BCUT2D eigenvalue weighted by Crippen LogP contribution is 2.31. The summed E-state index contributed by atoms with van der Waals surface area (Å²) < 4.78 is 10.6. The highest BCUT2D eigenvalue weighted by Gasteiger charge is 2.46. The summed E-state index contributed by atoms with van der Waals surface area (Å²) in [6, 6.07) is 3.88. The van der Waals surface area contributed by atoms with Gasteiger partial charge in [-0.1, -0.05) is 44.5 Å². The Bertz CT molecular complexity index is 967. The zero-order valence-corrected chi connectivity index (χ0v) is 20.7. The third-order valence-corrected chi connectivity index (χ3v) is 6.34. The van der Waals surface area contributed by atoms with Gasteiger partial charge in [-0.25, -0.2) is 9.59 Å². The summed E-state index contributed by atoms with van der Waals surface area (Å²) in [5, 5.41) is 3.41. The van der Waals surface area contributed by atoms with Gasteiger partial charge in [0, 0.05) is 18.0 Å². The minimum atomic E-state index is -0.886. The second kappa shape index (κ2) is 9.72. The third kappa shape index (κ3) is 5.50. The lowest BCUT2D eigenvalue weighted by molar-refractivity contribution is -0.152. The van der Waals surface area contributed by atoms with Crippen LogP contribution in [-0.4, -0.2) is 64.7 Å². The van der Waals surface area contributed by atoms with E-state index >= 15 is 0 Å². The highest BCUT2D eigenvalue weighted by molar-refractivity contribution is 7.80. The largest absolute Gasteiger partial charge is 0.467 e. The number of esters is 1. The number of nitrogens with one attached hydrogen (secondary N) is 1. The van der Waals surface area contributed by atoms with Gasteiger partial charge in [0.05, 0.1) is 20.2 Å². The first-order chi connectivity index (χ1) is 15.4. The number of ether oxygens (including phenoxy) is 2. The van der Waals surface area contributed by atoms with E-state index in [9.17, 15) is 14.4 Å². The van der Waals surface area contributed by atoms with Crippen molar-refractivity contribution in [2.75, 3.05) is 13.7 Å². The molecule has 2 aliphatic heterocycles. The van der Waals surface area contributed by atoms with Crippen LogP contribution in [0, 0.1) is 5.41 Å². The number of hydrogen-bond donors (Lipinski definition) is 2. The van der Waals surface area contributed by atoms with Crippen LogP contribution < -0.4 is 11.1 Å². The Morgan fingerprint density at radius 2 is 1.97 bits per heavy atom. The number of carbonyl (C=O) groups is 3. The number of rotatable bonds is 4. The first-order valence-corrected chi connectivity index (χ1v) is 11.4. The summed E-state index contributed by atoms with van der Waals surface area (Å²) in [7, 11) is 1.25. The van der Waals surface area contributed by atoms with E-state index in [2.05, 4.69) is 5.32 Å². The Balaban J connectivity index is 1.73. The van der Waals surface area contributed by atoms with Gasteiger partial charge in [0.25, 0.3) is 0 Å². The van der Waals surface area contributed by atoms with Crippen LogP contribution in [0.5, 0.6) is 0 Å². The molecule has 0 bridgehead atoms. The molecule has 1 saturated heterocycles. The predicted octanol–water partition coefficient (Wildman–Crippen LogP) is 2.18. The predicted molar refractivity (Wildman–Crippen MR) is 126 cm³/mol. The summed E-state index contributed by atoms with van der Waals surface area (Å²) in [4.78, 5) is 41.6. The fraction of sp³-hybridized carbons (Fsp3) is 0.545. The Kier molecular flexibility index (Phi) is 7.38. The number of carbonyl (C=O) groups excluding carboxylic acids is 3. The van der Waals surface area contributed by atoms with Crippen molar-refractivity contribution in [2.45, 2.75) is 58.5 Å². The molecule has 1 fully saturated rings. The maximum absolute atomic E-state index is 13.4. The summed E-state index contributed by atoms with van der Waals surface area (Å²) >= 11 is 11.2. The molecule has 0 radical (unpaired) electrons. The standard InChI is InChI=1S/C22H29ClN4O5S/c1-22(2,3)17(25-20(24)33)18(28)27-10-13(8-16(27)19(29)31-4)32-21(30)26-9-12-6-5-7-15(23)14(12)11-26/h5-7,13,16-17H,8-11H2,1-4H3,(H3,24,25,33)/t13-,16+,17-/m1/s1. The lowest BCUT2D eigenvalue weighted by atomic mass is 9.85. The Hall–Kier alpha value is -2.59. The molecule has 3 rings (SSSR count). The number of amides is 2. The van der Waals surface area contributed by atoms with E-state index in [4.69, 9.17) is 39.0 Å². The van der Waals surface area contributed by atoms with Crippen molar-refractivity contribution in [1.82, 2.24) is 15.1 Å². The number of thiocarbonyl (C=S) groups is 1. The van der Waals surface area contributed by atoms with Crippen LogP contribution in [0.4, 0.5) is 4.79 Å². The molecule has 0 unspecified atom stereocenters. The van der Waals surface area contributed by atoms with Crippen LogP contribution in [0.15, 0.2) is 18.2 Å². The highest BCUT2D eigenvalue weighted by atomic mass is 35.5. The lowest BCUT2D eigenvalue weighted by Crippen LogP contribution is -2.57. The van der Waals surface area contributed by atoms with Gasteiger partial charge < -0.3 is 25.4 Å². The van der Waals surface area contributed by atoms with E-state index in [1.165, 1.54) is 12.0 Å². The van der Waals surface area contributed by atoms with Crippen LogP contribution in [0.3, 0.4) is 0 Å². The molecule has 2 amide bonds. The molecule has 3 atom stereocenters. The van der Waals surface area contributed by atoms with E-state index in [1.807, 2.05) is 32.9 Å². The number of halogens is 1. The fourth-order valence-corrected chi connectivity index (χ4v) is 4.54. The van der Waals surface area contributed by atoms with Gasteiger partial charge in [-0.2, -0.15) is 0 Å². The molecule has 1 aromatic rings. The maximum Gasteiger partial charge on any atom is 0.410 e. The number of hydrogen-bond acceptors (Lipinski definition) is 6. The number of benzene rings is 1. The van der Waals surface area contributed by atoms with Gasteiger partial charge in [-0.15, -0.1) is 0 Å². The number of nitrogens with two attached hydrogens (primary N) is 1. The number of methoxy groups -OCH3 is 1. The minimum absolute atomic E-state index is 0.0210. The molecule has 11 heteroatoms. The third-order valence-electron chi connectivity index (χ3n) is 5.87. The average molecular weight is 497 g/mol. The SMILES string of the molecule is COC(=O)[C@@H]1C[C@@H](OC(=O)N2Cc3cccc(Cl)c3C2)CN1C(=O)[C@@H](NC(N)=S)C(C)(C)C. The van der Waals surface area contributed by atoms with Gasteiger partial charge in [0.1, 0.15) is 18.2 Å². The van der Waals surface area contributed by atoms with Crippen molar-refractivity contribution in [1.29, 1.82) is 0 Å². The first-order valence-electron chi connectivity index (χ1n) is 10.6. The lowest BCUT2D eigenvalue weighted by Gasteiger charge is -2.35. The minimum Gasteiger partial charge on any atom is -0.467 e. The molecular formula is C22H29ClN4O5S. The number of likely N-dealkylation sites (tertiary alicyclic amines) is 1. The van der Waals surface area contributed by atoms with E-state index in [-0.39, 0.29) is 24.0 Å². The molecule has 0 aromatic heterocycles. The van der Waals surface area contributed by atoms with Crippen molar-refractivity contribution >= 4 is 46.9 Å². The van der Waals surface area contributed by atoms with E-state index in [1.54, 1.807) is 11.0 Å². The molecule has 2 heterocycles. The molecule has 9 nitrogen and oxygen atoms in total. The Morgan fingerprint density at radius 3 is 2.55 bits per heavy atom. The van der Waals surface area contributed by atoms with Gasteiger partial charge in [-0.3, -0.25) is 9.69 Å². The molecule has 3 N–H and O–H groups in total. The molecular weight excluding hydrogens is 468 g/mol. The molecule has 180 valence electrons. The molecule has 33 heavy (non-hydrogen) atoms. The molecule has 0 spiro atoms. The maximum atomic E-state index is 13.4. The molecule has 1 aromatic carbocycles. The molecule has 0 saturated carbocycles. The van der Waals surface area contributed by atoms with Crippen molar-refractivity contribution in [3.05, 3.63) is 34.3 Å². The summed E-state index contributed by atoms with van der Waals surface area (Å²) in [5.41, 5.74) is 6.94. The summed E-state index contributed by atoms with van der Waals surface area (Å²) in [6.07, 6.45) is -1.07. The quantitative estimate of drug-likeness (QED) is 0.481. The summed E-state index contributed by atoms with van der Waals surface area (Å²) in [6.45, 7) is 6.35. The van der Waals surface area contributed by atoms with Gasteiger partial charge >= 0.3 is 12.1 Å². The molecule has 0 aliphatic carbocycles. The van der Waals surface area contributed by atoms with Gasteiger partial charge in [0.2, 0.25) is 5.91 Å². The Labute approximate surface area is 203 Å². The van der Waals surface area contributed by atoms with E-state index < -0.39 is 35.7 Å². The zero-order chi connectivity index (χ0) is 24.5. The number of nitrogens with zero attached hydrogens (tertiary/aromatic N) is 2. The van der Waals surface area contributed by atoms with Crippen LogP contribution in [0.25, 0.3) is 0 Å². The smallest absolute Gasteiger partial charge is 0.410 e. The van der Waals surface area contributed by atoms with E-state index in [0.29, 0.717) is 18.1 Å². The van der Waals surface area contributed by atoms with Crippen LogP contribution in [0.1, 0.15) is 38.3 Å². The fourth-order valence-electron chi connectivity index (χ4n) is 4.17. The van der Waals surface area contributed by atoms with Crippen LogP contribution >= 0.6 is 23.8 Å². The average Bonchev–Trinajstić information content (AvgIpc) is 3.35. The van der Waals surface area contributed by atoms with Crippen molar-refractivity contribution < 1.29 is 23.9 Å². The van der Waals surface area contributed by atoms with Crippen LogP contribution in [-0.2, 0) is 32.2 Å². The monoisotopic (exact) mass is 496 g/mol. The molecule has 2 aliphatic rings. The zero-order valence-electron chi connectivity index (χ0n) is 19.1. The van der Waals surface area contributed by atoms with Crippen molar-refractivity contribution in [3.8, 4) is 0 Å². The topological polar surface area (TPSA) is 114 Å². The normalized spacial score (nSPS) is 20.8. The van der Waals surface area contributed by atoms with Crippen molar-refractivity contribution in [3.63, 3.8) is 0 Å². The van der Waals surface area contributed by atoms with Crippen LogP contribution in [0.2, 0.25) is 5.02 Å². The number of fused-ring (bicyclic) bond motifs is 1. The van der Waals surface area contributed by atoms with Crippen molar-refractivity contribution in [2.24, 2.45) is 11.1 Å². The summed E-state index contributed by atoms with van der Waals surface area (Å²) in [5.74, 6) is -0.949.